The molecule has 4 nitrogen and oxygen atoms in total. The zero-order chi connectivity index (χ0) is 16.8. The second kappa shape index (κ2) is 5.25. The third-order valence-electron chi connectivity index (χ3n) is 4.75. The molecular formula is C16H16F3N2O2. The van der Waals surface area contributed by atoms with Gasteiger partial charge in [0.2, 0.25) is 11.8 Å². The van der Waals surface area contributed by atoms with Crippen LogP contribution in [0.3, 0.4) is 0 Å². The molecule has 23 heavy (non-hydrogen) atoms. The van der Waals surface area contributed by atoms with Crippen molar-refractivity contribution in [3.8, 4) is 0 Å². The van der Waals surface area contributed by atoms with Crippen molar-refractivity contribution < 1.29 is 22.8 Å². The van der Waals surface area contributed by atoms with Crippen LogP contribution in [0, 0.1) is 17.7 Å². The number of amides is 2. The average Bonchev–Trinajstić information content (AvgIpc) is 2.67. The Labute approximate surface area is 131 Å². The maximum atomic E-state index is 15.0. The second-order valence-electron chi connectivity index (χ2n) is 6.05. The maximum absolute atomic E-state index is 15.0. The third-order valence-corrected chi connectivity index (χ3v) is 4.75. The van der Waals surface area contributed by atoms with Crippen LogP contribution in [0.2, 0.25) is 0 Å². The lowest BCUT2D eigenvalue weighted by molar-refractivity contribution is -0.154. The van der Waals surface area contributed by atoms with Gasteiger partial charge in [-0.15, -0.1) is 0 Å². The number of anilines is 1. The molecule has 1 saturated heterocycles. The number of hydrogen-bond donors (Lipinski definition) is 1. The van der Waals surface area contributed by atoms with Gasteiger partial charge in [-0.2, -0.15) is 0 Å². The number of halogens is 3. The molecule has 2 N–H and O–H groups in total. The number of benzene rings is 1. The molecule has 1 aromatic carbocycles. The summed E-state index contributed by atoms with van der Waals surface area (Å²) < 4.78 is 43.1. The molecule has 1 spiro atoms. The van der Waals surface area contributed by atoms with E-state index in [1.165, 1.54) is 12.1 Å². The Morgan fingerprint density at radius 3 is 2.43 bits per heavy atom. The lowest BCUT2D eigenvalue weighted by Gasteiger charge is -2.35. The highest BCUT2D eigenvalue weighted by Crippen LogP contribution is 2.57. The predicted molar refractivity (Wildman–Crippen MR) is 77.0 cm³/mol. The third kappa shape index (κ3) is 2.13. The fourth-order valence-corrected chi connectivity index (χ4v) is 3.58. The molecule has 1 saturated carbocycles. The number of carbonyl (C=O) groups excluding carboxylic acids is 2. The quantitative estimate of drug-likeness (QED) is 0.908. The summed E-state index contributed by atoms with van der Waals surface area (Å²) in [4.78, 5) is 25.3. The monoisotopic (exact) mass is 325 g/mol. The first-order valence-corrected chi connectivity index (χ1v) is 7.39. The molecule has 3 rings (SSSR count). The van der Waals surface area contributed by atoms with E-state index in [-0.39, 0.29) is 18.5 Å². The highest BCUT2D eigenvalue weighted by molar-refractivity contribution is 6.08. The number of carbonyl (C=O) groups is 2. The van der Waals surface area contributed by atoms with Gasteiger partial charge < -0.3 is 5.73 Å². The summed E-state index contributed by atoms with van der Waals surface area (Å²) in [6.07, 6.45) is 2.66. The van der Waals surface area contributed by atoms with E-state index in [1.807, 2.05) is 0 Å². The van der Waals surface area contributed by atoms with Crippen LogP contribution in [0.4, 0.5) is 18.9 Å². The Kier molecular flexibility index (Phi) is 3.61. The van der Waals surface area contributed by atoms with Gasteiger partial charge in [0.25, 0.3) is 5.92 Å². The number of alkyl halides is 2. The van der Waals surface area contributed by atoms with Crippen LogP contribution in [-0.4, -0.2) is 23.8 Å². The van der Waals surface area contributed by atoms with Crippen molar-refractivity contribution in [3.05, 3.63) is 36.5 Å². The molecule has 7 heteroatoms. The Balaban J connectivity index is 2.12. The normalized spacial score (nSPS) is 25.8. The van der Waals surface area contributed by atoms with E-state index >= 15 is 8.78 Å². The predicted octanol–water partition coefficient (Wildman–Crippen LogP) is 2.43. The van der Waals surface area contributed by atoms with Gasteiger partial charge >= 0.3 is 0 Å². The molecule has 2 atom stereocenters. The molecule has 0 aromatic heterocycles. The van der Waals surface area contributed by atoms with Gasteiger partial charge in [0, 0.05) is 5.69 Å². The summed E-state index contributed by atoms with van der Waals surface area (Å²) >= 11 is 0. The molecule has 2 aliphatic rings. The lowest BCUT2D eigenvalue weighted by atomic mass is 9.69. The summed E-state index contributed by atoms with van der Waals surface area (Å²) in [5.74, 6) is -6.24. The van der Waals surface area contributed by atoms with Crippen LogP contribution >= 0.6 is 0 Å². The van der Waals surface area contributed by atoms with Crippen LogP contribution in [0.25, 0.3) is 0 Å². The van der Waals surface area contributed by atoms with E-state index in [2.05, 4.69) is 0 Å². The van der Waals surface area contributed by atoms with Gasteiger partial charge in [-0.05, 0) is 43.5 Å². The first-order chi connectivity index (χ1) is 10.8. The van der Waals surface area contributed by atoms with Crippen molar-refractivity contribution >= 4 is 17.5 Å². The minimum absolute atomic E-state index is 0.00317. The Morgan fingerprint density at radius 1 is 1.26 bits per heavy atom. The standard InChI is InChI=1S/C16H16F3N2O2/c17-10-4-6-11(7-5-10)21-12(13(20)22)16(18,19)15(14(21)23)8-2-1-3-9-15/h2,4-7,12H,1,3,8-9H2,(H2,20,22). The van der Waals surface area contributed by atoms with Crippen LogP contribution in [0.15, 0.2) is 24.3 Å². The summed E-state index contributed by atoms with van der Waals surface area (Å²) in [7, 11) is 0. The maximum Gasteiger partial charge on any atom is 0.291 e. The summed E-state index contributed by atoms with van der Waals surface area (Å²) in [5.41, 5.74) is 3.28. The van der Waals surface area contributed by atoms with Crippen molar-refractivity contribution in [1.29, 1.82) is 0 Å². The van der Waals surface area contributed by atoms with E-state index in [0.717, 1.165) is 17.0 Å². The fraction of sp³-hybridized carbons (Fsp3) is 0.438. The van der Waals surface area contributed by atoms with E-state index in [0.29, 0.717) is 12.8 Å². The van der Waals surface area contributed by atoms with Gasteiger partial charge in [-0.25, -0.2) is 13.2 Å². The van der Waals surface area contributed by atoms with Crippen LogP contribution in [-0.2, 0) is 9.59 Å². The summed E-state index contributed by atoms with van der Waals surface area (Å²) in [6.45, 7) is 0. The van der Waals surface area contributed by atoms with Gasteiger partial charge in [0.1, 0.15) is 11.2 Å². The molecule has 1 radical (unpaired) electrons. The Hall–Kier alpha value is -2.05. The first-order valence-electron chi connectivity index (χ1n) is 7.39. The summed E-state index contributed by atoms with van der Waals surface area (Å²) in [6, 6.07) is 2.44. The molecule has 123 valence electrons. The second-order valence-corrected chi connectivity index (χ2v) is 6.05. The molecule has 1 heterocycles. The first kappa shape index (κ1) is 15.8. The number of nitrogens with zero attached hydrogens (tertiary/aromatic N) is 1. The molecule has 1 aliphatic carbocycles. The molecule has 2 unspecified atom stereocenters. The SMILES string of the molecule is NC(=O)C1N(c2ccc(F)cc2)C(=O)C2(C[CH]CCC2)C1(F)F. The number of primary amides is 1. The smallest absolute Gasteiger partial charge is 0.291 e. The van der Waals surface area contributed by atoms with Gasteiger partial charge in [0.15, 0.2) is 6.04 Å². The molecule has 2 fully saturated rings. The highest BCUT2D eigenvalue weighted by atomic mass is 19.3. The van der Waals surface area contributed by atoms with Crippen molar-refractivity contribution in [3.63, 3.8) is 0 Å². The van der Waals surface area contributed by atoms with Crippen LogP contribution < -0.4 is 10.6 Å². The van der Waals surface area contributed by atoms with E-state index in [1.54, 1.807) is 6.42 Å². The van der Waals surface area contributed by atoms with Crippen molar-refractivity contribution in [2.45, 2.75) is 37.6 Å². The minimum Gasteiger partial charge on any atom is -0.368 e. The number of nitrogens with two attached hydrogens (primary N) is 1. The highest BCUT2D eigenvalue weighted by Gasteiger charge is 2.73. The average molecular weight is 325 g/mol. The minimum atomic E-state index is -3.58. The van der Waals surface area contributed by atoms with Crippen LogP contribution in [0.5, 0.6) is 0 Å². The molecule has 1 aromatic rings. The molecule has 1 aliphatic heterocycles. The molecular weight excluding hydrogens is 309 g/mol. The Morgan fingerprint density at radius 2 is 1.91 bits per heavy atom. The largest absolute Gasteiger partial charge is 0.368 e. The number of hydrogen-bond acceptors (Lipinski definition) is 2. The zero-order valence-corrected chi connectivity index (χ0v) is 12.3. The fourth-order valence-electron chi connectivity index (χ4n) is 3.58. The van der Waals surface area contributed by atoms with E-state index < -0.39 is 35.0 Å². The zero-order valence-electron chi connectivity index (χ0n) is 12.3. The van der Waals surface area contributed by atoms with Gasteiger partial charge in [-0.3, -0.25) is 14.5 Å². The van der Waals surface area contributed by atoms with Crippen molar-refractivity contribution in [2.24, 2.45) is 11.1 Å². The van der Waals surface area contributed by atoms with Crippen molar-refractivity contribution in [2.75, 3.05) is 4.90 Å². The van der Waals surface area contributed by atoms with Crippen molar-refractivity contribution in [1.82, 2.24) is 0 Å². The molecule has 0 bridgehead atoms. The topological polar surface area (TPSA) is 63.4 Å². The molecule has 2 amide bonds. The lowest BCUT2D eigenvalue weighted by Crippen LogP contribution is -2.52. The Bertz CT molecular complexity index is 639. The van der Waals surface area contributed by atoms with E-state index in [4.69, 9.17) is 5.73 Å². The van der Waals surface area contributed by atoms with Crippen LogP contribution in [0.1, 0.15) is 25.7 Å². The van der Waals surface area contributed by atoms with Gasteiger partial charge in [0.05, 0.1) is 0 Å². The van der Waals surface area contributed by atoms with E-state index in [9.17, 15) is 14.0 Å². The number of rotatable bonds is 2. The summed E-state index contributed by atoms with van der Waals surface area (Å²) in [5, 5.41) is 0. The van der Waals surface area contributed by atoms with Gasteiger partial charge in [-0.1, -0.05) is 12.8 Å².